The van der Waals surface area contributed by atoms with Gasteiger partial charge in [0, 0.05) is 46.3 Å². The Balaban J connectivity index is 1.07. The minimum absolute atomic E-state index is 0.320. The lowest BCUT2D eigenvalue weighted by atomic mass is 10.0. The van der Waals surface area contributed by atoms with Crippen molar-refractivity contribution < 1.29 is 24.7 Å². The van der Waals surface area contributed by atoms with Gasteiger partial charge < -0.3 is 14.8 Å². The van der Waals surface area contributed by atoms with Crippen LogP contribution in [-0.2, 0) is 9.59 Å². The van der Waals surface area contributed by atoms with Gasteiger partial charge in [0.05, 0.1) is 16.6 Å². The zero-order valence-corrected chi connectivity index (χ0v) is 29.7. The Bertz CT molecular complexity index is 2930. The molecule has 1 unspecified atom stereocenters. The van der Waals surface area contributed by atoms with E-state index in [1.165, 1.54) is 12.2 Å². The topological polar surface area (TPSA) is 132 Å². The van der Waals surface area contributed by atoms with Crippen molar-refractivity contribution >= 4 is 63.0 Å². The molecular formula is C48H31N4O4+. The molecular weight excluding hydrogens is 697 g/mol. The number of aromatic nitrogens is 1. The molecule has 0 amide bonds. The van der Waals surface area contributed by atoms with Gasteiger partial charge in [-0.3, -0.25) is 0 Å². The van der Waals surface area contributed by atoms with Gasteiger partial charge in [0.25, 0.3) is 0 Å². The summed E-state index contributed by atoms with van der Waals surface area (Å²) in [6.45, 7) is 0. The highest BCUT2D eigenvalue weighted by molar-refractivity contribution is 6.10. The Morgan fingerprint density at radius 2 is 1.12 bits per heavy atom. The second kappa shape index (κ2) is 14.8. The normalized spacial score (nSPS) is 13.9. The first-order chi connectivity index (χ1) is 27.3. The predicted molar refractivity (Wildman–Crippen MR) is 219 cm³/mol. The van der Waals surface area contributed by atoms with E-state index < -0.39 is 11.9 Å². The van der Waals surface area contributed by atoms with Crippen LogP contribution in [0.3, 0.4) is 0 Å². The minimum atomic E-state index is -1.26. The fourth-order valence-electron chi connectivity index (χ4n) is 7.33. The number of para-hydroxylation sites is 2. The molecule has 0 aliphatic carbocycles. The maximum absolute atomic E-state index is 11.2. The molecule has 0 bridgehead atoms. The van der Waals surface area contributed by atoms with E-state index in [0.29, 0.717) is 0 Å². The van der Waals surface area contributed by atoms with Crippen LogP contribution in [0, 0.1) is 22.7 Å². The molecule has 0 fully saturated rings. The largest absolute Gasteiger partial charge is 0.477 e. The number of hydrogen-bond donors (Lipinski definition) is 3. The number of carbonyl (C=O) groups is 2. The SMILES string of the molecule is N#CC(=CC=Cc1ccc2c(c1)-c1ccccc1[NH+]2c1ccc(-c2ccc(-n3c4ccccc4c4cc(C=CC=C(C#N)C(=O)O)ccc43)cc2)cc1)C(=O)O. The molecule has 0 saturated carbocycles. The molecule has 56 heavy (non-hydrogen) atoms. The summed E-state index contributed by atoms with van der Waals surface area (Å²) in [5.74, 6) is -2.51. The lowest BCUT2D eigenvalue weighted by Crippen LogP contribution is -2.95. The number of benzene rings is 6. The van der Waals surface area contributed by atoms with Crippen LogP contribution in [-0.4, -0.2) is 26.7 Å². The highest BCUT2D eigenvalue weighted by atomic mass is 16.4. The van der Waals surface area contributed by atoms with Gasteiger partial charge in [-0.05, 0) is 95.1 Å². The molecule has 8 heteroatoms. The fraction of sp³-hybridized carbons (Fsp3) is 0. The zero-order chi connectivity index (χ0) is 38.8. The summed E-state index contributed by atoms with van der Waals surface area (Å²) in [7, 11) is 0. The van der Waals surface area contributed by atoms with E-state index in [9.17, 15) is 9.59 Å². The van der Waals surface area contributed by atoms with Crippen molar-refractivity contribution in [2.45, 2.75) is 0 Å². The summed E-state index contributed by atoms with van der Waals surface area (Å²) in [5.41, 5.74) is 12.1. The second-order valence-electron chi connectivity index (χ2n) is 13.2. The van der Waals surface area contributed by atoms with E-state index >= 15 is 0 Å². The molecule has 6 aromatic carbocycles. The van der Waals surface area contributed by atoms with E-state index in [1.807, 2.05) is 36.4 Å². The summed E-state index contributed by atoms with van der Waals surface area (Å²) in [5, 5.41) is 38.5. The predicted octanol–water partition coefficient (Wildman–Crippen LogP) is 9.71. The molecule has 266 valence electrons. The van der Waals surface area contributed by atoms with Crippen LogP contribution in [0.15, 0.2) is 169 Å². The third kappa shape index (κ3) is 6.46. The Morgan fingerprint density at radius 1 is 0.571 bits per heavy atom. The van der Waals surface area contributed by atoms with Crippen molar-refractivity contribution in [3.05, 3.63) is 180 Å². The summed E-state index contributed by atoms with van der Waals surface area (Å²) < 4.78 is 2.24. The van der Waals surface area contributed by atoms with Crippen LogP contribution in [0.25, 0.3) is 61.9 Å². The lowest BCUT2D eigenvalue weighted by Gasteiger charge is -2.15. The van der Waals surface area contributed by atoms with Crippen molar-refractivity contribution in [2.24, 2.45) is 0 Å². The number of aliphatic carboxylic acids is 2. The number of rotatable bonds is 9. The number of fused-ring (bicyclic) bond motifs is 6. The molecule has 7 aromatic rings. The maximum Gasteiger partial charge on any atom is 0.346 e. The van der Waals surface area contributed by atoms with Crippen molar-refractivity contribution in [3.63, 3.8) is 0 Å². The number of carboxylic acid groups (broad SMARTS) is 2. The van der Waals surface area contributed by atoms with Gasteiger partial charge in [-0.2, -0.15) is 10.5 Å². The highest BCUT2D eigenvalue weighted by Crippen LogP contribution is 2.40. The summed E-state index contributed by atoms with van der Waals surface area (Å²) in [6.07, 6.45) is 9.37. The highest BCUT2D eigenvalue weighted by Gasteiger charge is 2.33. The molecule has 3 N–H and O–H groups in total. The Labute approximate surface area is 322 Å². The number of carboxylic acids is 2. The molecule has 1 aliphatic rings. The third-order valence-corrected chi connectivity index (χ3v) is 9.93. The van der Waals surface area contributed by atoms with Gasteiger partial charge in [0.15, 0.2) is 0 Å². The van der Waals surface area contributed by atoms with Crippen molar-refractivity contribution in [2.75, 3.05) is 0 Å². The van der Waals surface area contributed by atoms with Crippen LogP contribution < -0.4 is 4.90 Å². The van der Waals surface area contributed by atoms with Crippen LogP contribution in [0.4, 0.5) is 17.1 Å². The van der Waals surface area contributed by atoms with Crippen LogP contribution in [0.1, 0.15) is 11.1 Å². The number of nitrogens with one attached hydrogen (secondary N) is 1. The Morgan fingerprint density at radius 3 is 1.79 bits per heavy atom. The van der Waals surface area contributed by atoms with E-state index in [-0.39, 0.29) is 11.1 Å². The monoisotopic (exact) mass is 727 g/mol. The molecule has 0 spiro atoms. The van der Waals surface area contributed by atoms with Gasteiger partial charge in [-0.15, -0.1) is 0 Å². The molecule has 1 aromatic heterocycles. The molecule has 8 rings (SSSR count). The molecule has 0 radical (unpaired) electrons. The Kier molecular flexibility index (Phi) is 9.23. The number of nitriles is 2. The first-order valence-electron chi connectivity index (χ1n) is 17.7. The molecule has 1 atom stereocenters. The number of allylic oxidation sites excluding steroid dienone is 4. The standard InChI is InChI=1S/C48H30N4O4/c49-29-35(47(53)54)9-5-7-31-15-25-45-41(27-31)39-11-1-3-13-43(39)51(45)37-21-17-33(18-22-37)34-19-23-38(24-20-34)52-44-14-4-2-12-40(44)42-28-32(16-26-46(42)52)8-6-10-36(30-50)48(55)56/h1-28H,(H,53,54)(H,55,56)/p+1. The molecule has 0 saturated heterocycles. The Hall–Kier alpha value is -8.04. The van der Waals surface area contributed by atoms with Crippen molar-refractivity contribution in [3.8, 4) is 40.1 Å². The number of nitrogens with zero attached hydrogens (tertiary/aromatic N) is 3. The van der Waals surface area contributed by atoms with E-state index in [1.54, 1.807) is 36.4 Å². The summed E-state index contributed by atoms with van der Waals surface area (Å²) >= 11 is 0. The lowest BCUT2D eigenvalue weighted by molar-refractivity contribution is -0.677. The van der Waals surface area contributed by atoms with Gasteiger partial charge >= 0.3 is 11.9 Å². The van der Waals surface area contributed by atoms with E-state index in [4.69, 9.17) is 20.7 Å². The van der Waals surface area contributed by atoms with Crippen LogP contribution in [0.2, 0.25) is 0 Å². The number of hydrogen-bond acceptors (Lipinski definition) is 4. The van der Waals surface area contributed by atoms with Crippen molar-refractivity contribution in [1.82, 2.24) is 4.57 Å². The first kappa shape index (κ1) is 35.0. The molecule has 2 heterocycles. The zero-order valence-electron chi connectivity index (χ0n) is 29.7. The summed E-state index contributed by atoms with van der Waals surface area (Å²) in [4.78, 5) is 23.5. The maximum atomic E-state index is 11.2. The van der Waals surface area contributed by atoms with E-state index in [2.05, 4.69) is 102 Å². The fourth-order valence-corrected chi connectivity index (χ4v) is 7.33. The third-order valence-electron chi connectivity index (χ3n) is 9.93. The second-order valence-corrected chi connectivity index (χ2v) is 13.2. The molecule has 8 nitrogen and oxygen atoms in total. The minimum Gasteiger partial charge on any atom is -0.477 e. The van der Waals surface area contributed by atoms with Gasteiger partial charge in [0.2, 0.25) is 0 Å². The summed E-state index contributed by atoms with van der Waals surface area (Å²) in [6, 6.07) is 49.4. The average molecular weight is 728 g/mol. The van der Waals surface area contributed by atoms with Crippen molar-refractivity contribution in [1.29, 1.82) is 10.5 Å². The van der Waals surface area contributed by atoms with Gasteiger partial charge in [-0.25, -0.2) is 14.5 Å². The smallest absolute Gasteiger partial charge is 0.346 e. The average Bonchev–Trinajstić information content (AvgIpc) is 3.73. The van der Waals surface area contributed by atoms with E-state index in [0.717, 1.165) is 82.8 Å². The first-order valence-corrected chi connectivity index (χ1v) is 17.7. The quantitative estimate of drug-likeness (QED) is 0.0771. The van der Waals surface area contributed by atoms with Gasteiger partial charge in [0.1, 0.15) is 40.3 Å². The van der Waals surface area contributed by atoms with Crippen LogP contribution in [0.5, 0.6) is 0 Å². The number of quaternary nitrogens is 1. The van der Waals surface area contributed by atoms with Crippen LogP contribution >= 0.6 is 0 Å². The van der Waals surface area contributed by atoms with Gasteiger partial charge in [-0.1, -0.05) is 72.8 Å². The molecule has 1 aliphatic heterocycles.